The molecule has 0 saturated carbocycles. The summed E-state index contributed by atoms with van der Waals surface area (Å²) in [7, 11) is 0. The molecule has 0 spiro atoms. The number of H-pyrrole nitrogens is 1. The van der Waals surface area contributed by atoms with Gasteiger partial charge in [0.1, 0.15) is 11.6 Å². The van der Waals surface area contributed by atoms with Gasteiger partial charge in [0.2, 0.25) is 0 Å². The Morgan fingerprint density at radius 3 is 2.63 bits per heavy atom. The molecular formula is C15H21N3O. The summed E-state index contributed by atoms with van der Waals surface area (Å²) in [6.07, 6.45) is 0.178. The highest BCUT2D eigenvalue weighted by Crippen LogP contribution is 2.27. The first-order valence-corrected chi connectivity index (χ1v) is 6.54. The number of hydrogen-bond acceptors (Lipinski definition) is 3. The summed E-state index contributed by atoms with van der Waals surface area (Å²) in [6, 6.07) is 6.11. The van der Waals surface area contributed by atoms with Crippen LogP contribution in [0.2, 0.25) is 0 Å². The van der Waals surface area contributed by atoms with Crippen molar-refractivity contribution in [3.63, 3.8) is 0 Å². The molecule has 19 heavy (non-hydrogen) atoms. The first kappa shape index (κ1) is 13.6. The summed E-state index contributed by atoms with van der Waals surface area (Å²) < 4.78 is 5.74. The van der Waals surface area contributed by atoms with Gasteiger partial charge >= 0.3 is 0 Å². The Hall–Kier alpha value is -1.81. The second-order valence-corrected chi connectivity index (χ2v) is 5.00. The van der Waals surface area contributed by atoms with Gasteiger partial charge in [0.25, 0.3) is 0 Å². The molecule has 4 nitrogen and oxygen atoms in total. The van der Waals surface area contributed by atoms with Crippen molar-refractivity contribution in [2.75, 3.05) is 0 Å². The summed E-state index contributed by atoms with van der Waals surface area (Å²) in [5.41, 5.74) is 9.81. The third kappa shape index (κ3) is 2.96. The fraction of sp³-hybridized carbons (Fsp3) is 0.400. The molecule has 2 rings (SSSR count). The Balaban J connectivity index is 2.38. The van der Waals surface area contributed by atoms with Crippen LogP contribution in [0.1, 0.15) is 30.9 Å². The summed E-state index contributed by atoms with van der Waals surface area (Å²) in [5.74, 6) is 1.80. The third-order valence-corrected chi connectivity index (χ3v) is 2.91. The Morgan fingerprint density at radius 2 is 2.05 bits per heavy atom. The molecule has 1 aromatic carbocycles. The summed E-state index contributed by atoms with van der Waals surface area (Å²) in [5, 5.41) is 0. The molecule has 1 aromatic heterocycles. The normalized spacial score (nSPS) is 11.1. The number of benzene rings is 1. The smallest absolute Gasteiger partial charge is 0.122 e. The standard InChI is InChI=1S/C15H21N3O/c1-9(2)19-14-6-5-12(7-10(14)3)15-13(8-16)17-11(4)18-15/h5-7,9H,8,16H2,1-4H3,(H,17,18). The molecule has 0 fully saturated rings. The average Bonchev–Trinajstić information content (AvgIpc) is 2.72. The average molecular weight is 259 g/mol. The molecule has 1 heterocycles. The number of nitrogens with two attached hydrogens (primary N) is 1. The molecule has 0 aliphatic carbocycles. The lowest BCUT2D eigenvalue weighted by molar-refractivity contribution is 0.241. The monoisotopic (exact) mass is 259 g/mol. The van der Waals surface area contributed by atoms with E-state index in [1.807, 2.05) is 39.8 Å². The molecule has 4 heteroatoms. The molecule has 2 aromatic rings. The fourth-order valence-electron chi connectivity index (χ4n) is 2.11. The zero-order chi connectivity index (χ0) is 14.0. The van der Waals surface area contributed by atoms with Crippen LogP contribution in [0.15, 0.2) is 18.2 Å². The van der Waals surface area contributed by atoms with E-state index >= 15 is 0 Å². The van der Waals surface area contributed by atoms with E-state index in [1.54, 1.807) is 0 Å². The van der Waals surface area contributed by atoms with Gasteiger partial charge < -0.3 is 15.5 Å². The van der Waals surface area contributed by atoms with E-state index in [0.29, 0.717) is 6.54 Å². The van der Waals surface area contributed by atoms with Crippen LogP contribution >= 0.6 is 0 Å². The lowest BCUT2D eigenvalue weighted by atomic mass is 10.1. The Labute approximate surface area is 114 Å². The van der Waals surface area contributed by atoms with E-state index in [1.165, 1.54) is 0 Å². The van der Waals surface area contributed by atoms with Crippen molar-refractivity contribution in [2.45, 2.75) is 40.3 Å². The lowest BCUT2D eigenvalue weighted by Crippen LogP contribution is -2.06. The number of aryl methyl sites for hydroxylation is 2. The SMILES string of the molecule is Cc1nc(-c2ccc(OC(C)C)c(C)c2)c(CN)[nH]1. The maximum Gasteiger partial charge on any atom is 0.122 e. The summed E-state index contributed by atoms with van der Waals surface area (Å²) in [6.45, 7) is 8.49. The van der Waals surface area contributed by atoms with Gasteiger partial charge in [0.05, 0.1) is 17.5 Å². The minimum absolute atomic E-state index is 0.178. The van der Waals surface area contributed by atoms with Crippen molar-refractivity contribution >= 4 is 0 Å². The zero-order valence-corrected chi connectivity index (χ0v) is 11.9. The van der Waals surface area contributed by atoms with E-state index in [-0.39, 0.29) is 6.10 Å². The highest BCUT2D eigenvalue weighted by molar-refractivity contribution is 5.64. The number of rotatable bonds is 4. The van der Waals surface area contributed by atoms with Gasteiger partial charge in [-0.2, -0.15) is 0 Å². The predicted molar refractivity (Wildman–Crippen MR) is 77.2 cm³/mol. The van der Waals surface area contributed by atoms with E-state index in [0.717, 1.165) is 34.1 Å². The molecule has 0 aliphatic rings. The van der Waals surface area contributed by atoms with Gasteiger partial charge in [-0.1, -0.05) is 0 Å². The molecule has 0 amide bonds. The summed E-state index contributed by atoms with van der Waals surface area (Å²) in [4.78, 5) is 7.70. The Kier molecular flexibility index (Phi) is 3.90. The van der Waals surface area contributed by atoms with Crippen LogP contribution < -0.4 is 10.5 Å². The van der Waals surface area contributed by atoms with E-state index in [4.69, 9.17) is 10.5 Å². The molecule has 0 atom stereocenters. The topological polar surface area (TPSA) is 63.9 Å². The van der Waals surface area contributed by atoms with Crippen LogP contribution in [-0.2, 0) is 6.54 Å². The second kappa shape index (κ2) is 5.45. The molecule has 102 valence electrons. The maximum absolute atomic E-state index is 5.74. The Morgan fingerprint density at radius 1 is 1.32 bits per heavy atom. The first-order chi connectivity index (χ1) is 9.01. The van der Waals surface area contributed by atoms with E-state index in [2.05, 4.69) is 16.0 Å². The minimum Gasteiger partial charge on any atom is -0.491 e. The number of hydrogen-bond donors (Lipinski definition) is 2. The maximum atomic E-state index is 5.74. The Bertz CT molecular complexity index is 573. The third-order valence-electron chi connectivity index (χ3n) is 2.91. The fourth-order valence-corrected chi connectivity index (χ4v) is 2.11. The van der Waals surface area contributed by atoms with Crippen LogP contribution in [0.5, 0.6) is 5.75 Å². The number of nitrogens with zero attached hydrogens (tertiary/aromatic N) is 1. The van der Waals surface area contributed by atoms with Gasteiger partial charge in [-0.15, -0.1) is 0 Å². The van der Waals surface area contributed by atoms with Crippen molar-refractivity contribution in [2.24, 2.45) is 5.73 Å². The van der Waals surface area contributed by atoms with Crippen LogP contribution in [0, 0.1) is 13.8 Å². The summed E-state index contributed by atoms with van der Waals surface area (Å²) >= 11 is 0. The van der Waals surface area contributed by atoms with E-state index < -0.39 is 0 Å². The van der Waals surface area contributed by atoms with Crippen LogP contribution in [0.25, 0.3) is 11.3 Å². The molecular weight excluding hydrogens is 238 g/mol. The van der Waals surface area contributed by atoms with Crippen molar-refractivity contribution < 1.29 is 4.74 Å². The number of aromatic nitrogens is 2. The number of nitrogens with one attached hydrogen (secondary N) is 1. The highest BCUT2D eigenvalue weighted by Gasteiger charge is 2.11. The predicted octanol–water partition coefficient (Wildman–Crippen LogP) is 2.94. The first-order valence-electron chi connectivity index (χ1n) is 6.54. The van der Waals surface area contributed by atoms with Crippen LogP contribution in [-0.4, -0.2) is 16.1 Å². The van der Waals surface area contributed by atoms with Crippen LogP contribution in [0.4, 0.5) is 0 Å². The van der Waals surface area contributed by atoms with Gasteiger partial charge in [-0.05, 0) is 51.5 Å². The second-order valence-electron chi connectivity index (χ2n) is 5.00. The van der Waals surface area contributed by atoms with Gasteiger partial charge in [-0.3, -0.25) is 0 Å². The van der Waals surface area contributed by atoms with Gasteiger partial charge in [0.15, 0.2) is 0 Å². The van der Waals surface area contributed by atoms with Crippen molar-refractivity contribution in [3.8, 4) is 17.0 Å². The molecule has 0 radical (unpaired) electrons. The lowest BCUT2D eigenvalue weighted by Gasteiger charge is -2.13. The van der Waals surface area contributed by atoms with E-state index in [9.17, 15) is 0 Å². The molecule has 0 aliphatic heterocycles. The highest BCUT2D eigenvalue weighted by atomic mass is 16.5. The minimum atomic E-state index is 0.178. The number of aromatic amines is 1. The molecule has 0 unspecified atom stereocenters. The molecule has 0 bridgehead atoms. The van der Waals surface area contributed by atoms with Crippen molar-refractivity contribution in [3.05, 3.63) is 35.3 Å². The van der Waals surface area contributed by atoms with Crippen LogP contribution in [0.3, 0.4) is 0 Å². The van der Waals surface area contributed by atoms with Crippen molar-refractivity contribution in [1.82, 2.24) is 9.97 Å². The largest absolute Gasteiger partial charge is 0.491 e. The number of ether oxygens (including phenoxy) is 1. The molecule has 0 saturated heterocycles. The number of imidazole rings is 1. The quantitative estimate of drug-likeness (QED) is 0.887. The van der Waals surface area contributed by atoms with Crippen molar-refractivity contribution in [1.29, 1.82) is 0 Å². The van der Waals surface area contributed by atoms with Gasteiger partial charge in [0, 0.05) is 12.1 Å². The molecule has 3 N–H and O–H groups in total. The zero-order valence-electron chi connectivity index (χ0n) is 11.9. The van der Waals surface area contributed by atoms with Gasteiger partial charge in [-0.25, -0.2) is 4.98 Å².